The van der Waals surface area contributed by atoms with E-state index in [0.717, 1.165) is 43.1 Å². The highest BCUT2D eigenvalue weighted by Crippen LogP contribution is 2.30. The van der Waals surface area contributed by atoms with Gasteiger partial charge in [-0.3, -0.25) is 4.79 Å². The van der Waals surface area contributed by atoms with Crippen LogP contribution in [0.25, 0.3) is 0 Å². The average Bonchev–Trinajstić information content (AvgIpc) is 2.64. The number of piperazine rings is 1. The minimum Gasteiger partial charge on any atom is -0.481 e. The van der Waals surface area contributed by atoms with Gasteiger partial charge in [-0.1, -0.05) is 29.3 Å². The van der Waals surface area contributed by atoms with Crippen molar-refractivity contribution >= 4 is 28.9 Å². The SMILES string of the molecule is Cc1ccc(OC(C)C(=O)Nc2cc(Cl)ccc2N2CCN(C)CC2)cc1. The maximum absolute atomic E-state index is 12.7. The molecule has 0 aliphatic carbocycles. The molecule has 5 nitrogen and oxygen atoms in total. The fourth-order valence-electron chi connectivity index (χ4n) is 3.04. The standard InChI is InChI=1S/C21H26ClN3O2/c1-15-4-7-18(8-5-15)27-16(2)21(26)23-19-14-17(22)6-9-20(19)25-12-10-24(3)11-13-25/h4-9,14,16H,10-13H2,1-3H3,(H,23,26). The summed E-state index contributed by atoms with van der Waals surface area (Å²) >= 11 is 6.18. The summed E-state index contributed by atoms with van der Waals surface area (Å²) in [7, 11) is 2.12. The first-order valence-corrected chi connectivity index (χ1v) is 9.57. The molecule has 0 saturated carbocycles. The molecule has 1 heterocycles. The lowest BCUT2D eigenvalue weighted by atomic mass is 10.2. The summed E-state index contributed by atoms with van der Waals surface area (Å²) < 4.78 is 5.77. The van der Waals surface area contributed by atoms with Crippen LogP contribution in [0.5, 0.6) is 5.75 Å². The second-order valence-electron chi connectivity index (χ2n) is 7.01. The molecule has 0 radical (unpaired) electrons. The van der Waals surface area contributed by atoms with Crippen molar-refractivity contribution in [3.8, 4) is 5.75 Å². The van der Waals surface area contributed by atoms with Gasteiger partial charge in [0.2, 0.25) is 0 Å². The molecule has 0 bridgehead atoms. The molecule has 1 N–H and O–H groups in total. The summed E-state index contributed by atoms with van der Waals surface area (Å²) in [6.45, 7) is 7.56. The second-order valence-corrected chi connectivity index (χ2v) is 7.45. The number of amides is 1. The average molecular weight is 388 g/mol. The number of nitrogens with zero attached hydrogens (tertiary/aromatic N) is 2. The van der Waals surface area contributed by atoms with Gasteiger partial charge in [0.1, 0.15) is 5.75 Å². The Morgan fingerprint density at radius 2 is 1.78 bits per heavy atom. The van der Waals surface area contributed by atoms with Crippen LogP contribution >= 0.6 is 11.6 Å². The number of likely N-dealkylation sites (N-methyl/N-ethyl adjacent to an activating group) is 1. The van der Waals surface area contributed by atoms with E-state index in [1.807, 2.05) is 43.3 Å². The number of ether oxygens (including phenoxy) is 1. The molecule has 6 heteroatoms. The number of aryl methyl sites for hydroxylation is 1. The summed E-state index contributed by atoms with van der Waals surface area (Å²) in [5.74, 6) is 0.474. The van der Waals surface area contributed by atoms with Crippen LogP contribution in [-0.2, 0) is 4.79 Å². The van der Waals surface area contributed by atoms with Gasteiger partial charge in [-0.15, -0.1) is 0 Å². The predicted octanol–water partition coefficient (Wildman–Crippen LogP) is 3.81. The number of rotatable bonds is 5. The molecular formula is C21H26ClN3O2. The number of nitrogens with one attached hydrogen (secondary N) is 1. The Kier molecular flexibility index (Phi) is 6.24. The Morgan fingerprint density at radius 1 is 1.11 bits per heavy atom. The second kappa shape index (κ2) is 8.63. The van der Waals surface area contributed by atoms with Gasteiger partial charge in [-0.2, -0.15) is 0 Å². The zero-order valence-corrected chi connectivity index (χ0v) is 16.8. The first-order valence-electron chi connectivity index (χ1n) is 9.19. The molecule has 1 fully saturated rings. The van der Waals surface area contributed by atoms with E-state index in [-0.39, 0.29) is 5.91 Å². The van der Waals surface area contributed by atoms with Gasteiger partial charge in [0.25, 0.3) is 5.91 Å². The molecule has 3 rings (SSSR count). The highest BCUT2D eigenvalue weighted by Gasteiger charge is 2.21. The third-order valence-electron chi connectivity index (χ3n) is 4.76. The van der Waals surface area contributed by atoms with Crippen LogP contribution in [-0.4, -0.2) is 50.1 Å². The van der Waals surface area contributed by atoms with Crippen LogP contribution in [0.3, 0.4) is 0 Å². The van der Waals surface area contributed by atoms with Crippen molar-refractivity contribution in [3.05, 3.63) is 53.1 Å². The van der Waals surface area contributed by atoms with Crippen LogP contribution in [0, 0.1) is 6.92 Å². The lowest BCUT2D eigenvalue weighted by molar-refractivity contribution is -0.122. The van der Waals surface area contributed by atoms with E-state index in [4.69, 9.17) is 16.3 Å². The third-order valence-corrected chi connectivity index (χ3v) is 5.00. The summed E-state index contributed by atoms with van der Waals surface area (Å²) in [6, 6.07) is 13.3. The van der Waals surface area contributed by atoms with Gasteiger partial charge in [0, 0.05) is 31.2 Å². The van der Waals surface area contributed by atoms with Gasteiger partial charge in [0.05, 0.1) is 11.4 Å². The summed E-state index contributed by atoms with van der Waals surface area (Å²) in [6.07, 6.45) is -0.618. The van der Waals surface area contributed by atoms with E-state index < -0.39 is 6.10 Å². The minimum absolute atomic E-state index is 0.201. The normalized spacial score (nSPS) is 16.1. The molecule has 1 amide bonds. The van der Waals surface area contributed by atoms with Gasteiger partial charge >= 0.3 is 0 Å². The molecule has 1 aliphatic rings. The Morgan fingerprint density at radius 3 is 2.44 bits per heavy atom. The largest absolute Gasteiger partial charge is 0.481 e. The Hall–Kier alpha value is -2.24. The highest BCUT2D eigenvalue weighted by atomic mass is 35.5. The zero-order chi connectivity index (χ0) is 19.4. The maximum atomic E-state index is 12.7. The van der Waals surface area contributed by atoms with E-state index in [1.54, 1.807) is 13.0 Å². The van der Waals surface area contributed by atoms with E-state index >= 15 is 0 Å². The fourth-order valence-corrected chi connectivity index (χ4v) is 3.21. The molecule has 1 aliphatic heterocycles. The lowest BCUT2D eigenvalue weighted by Crippen LogP contribution is -2.44. The summed E-state index contributed by atoms with van der Waals surface area (Å²) in [4.78, 5) is 17.2. The van der Waals surface area contributed by atoms with Crippen LogP contribution in [0.4, 0.5) is 11.4 Å². The molecule has 27 heavy (non-hydrogen) atoms. The van der Waals surface area contributed by atoms with Gasteiger partial charge < -0.3 is 19.9 Å². The summed E-state index contributed by atoms with van der Waals surface area (Å²) in [5.41, 5.74) is 2.86. The monoisotopic (exact) mass is 387 g/mol. The molecule has 1 atom stereocenters. The predicted molar refractivity (Wildman–Crippen MR) is 111 cm³/mol. The van der Waals surface area contributed by atoms with Crippen molar-refractivity contribution in [2.45, 2.75) is 20.0 Å². The summed E-state index contributed by atoms with van der Waals surface area (Å²) in [5, 5.41) is 3.58. The van der Waals surface area contributed by atoms with Crippen molar-refractivity contribution in [2.24, 2.45) is 0 Å². The maximum Gasteiger partial charge on any atom is 0.265 e. The quantitative estimate of drug-likeness (QED) is 0.847. The van der Waals surface area contributed by atoms with Gasteiger partial charge in [-0.25, -0.2) is 0 Å². The van der Waals surface area contributed by atoms with Crippen molar-refractivity contribution in [1.29, 1.82) is 0 Å². The number of anilines is 2. The number of carbonyl (C=O) groups excluding carboxylic acids is 1. The van der Waals surface area contributed by atoms with Crippen molar-refractivity contribution in [3.63, 3.8) is 0 Å². The molecule has 0 aromatic heterocycles. The Labute approximate surface area is 165 Å². The van der Waals surface area contributed by atoms with Crippen molar-refractivity contribution in [2.75, 3.05) is 43.4 Å². The Bertz CT molecular complexity index is 787. The lowest BCUT2D eigenvalue weighted by Gasteiger charge is -2.35. The van der Waals surface area contributed by atoms with E-state index in [1.165, 1.54) is 0 Å². The number of carbonyl (C=O) groups is 1. The minimum atomic E-state index is -0.618. The van der Waals surface area contributed by atoms with Crippen LogP contribution in [0.2, 0.25) is 5.02 Å². The third kappa shape index (κ3) is 5.15. The topological polar surface area (TPSA) is 44.8 Å². The van der Waals surface area contributed by atoms with E-state index in [0.29, 0.717) is 10.8 Å². The molecular weight excluding hydrogens is 362 g/mol. The fraction of sp³-hybridized carbons (Fsp3) is 0.381. The number of benzene rings is 2. The number of hydrogen-bond donors (Lipinski definition) is 1. The van der Waals surface area contributed by atoms with Crippen molar-refractivity contribution in [1.82, 2.24) is 4.90 Å². The first kappa shape index (κ1) is 19.5. The van der Waals surface area contributed by atoms with Crippen LogP contribution in [0.1, 0.15) is 12.5 Å². The molecule has 2 aromatic rings. The van der Waals surface area contributed by atoms with Gasteiger partial charge in [0.15, 0.2) is 6.10 Å². The molecule has 1 saturated heterocycles. The zero-order valence-electron chi connectivity index (χ0n) is 16.0. The van der Waals surface area contributed by atoms with Crippen LogP contribution < -0.4 is 15.0 Å². The molecule has 2 aromatic carbocycles. The number of hydrogen-bond acceptors (Lipinski definition) is 4. The highest BCUT2D eigenvalue weighted by molar-refractivity contribution is 6.31. The van der Waals surface area contributed by atoms with E-state index in [2.05, 4.69) is 22.2 Å². The van der Waals surface area contributed by atoms with Gasteiger partial charge in [-0.05, 0) is 51.2 Å². The first-order chi connectivity index (χ1) is 12.9. The van der Waals surface area contributed by atoms with Crippen molar-refractivity contribution < 1.29 is 9.53 Å². The molecule has 144 valence electrons. The smallest absolute Gasteiger partial charge is 0.265 e. The number of halogens is 1. The van der Waals surface area contributed by atoms with Crippen LogP contribution in [0.15, 0.2) is 42.5 Å². The molecule has 1 unspecified atom stereocenters. The molecule has 0 spiro atoms. The van der Waals surface area contributed by atoms with E-state index in [9.17, 15) is 4.79 Å². The Balaban J connectivity index is 1.71.